The van der Waals surface area contributed by atoms with E-state index >= 15 is 0 Å². The summed E-state index contributed by atoms with van der Waals surface area (Å²) in [4.78, 5) is 24.7. The lowest BCUT2D eigenvalue weighted by molar-refractivity contribution is -0.127. The van der Waals surface area contributed by atoms with E-state index in [-0.39, 0.29) is 12.5 Å². The Hall–Kier alpha value is -2.44. The lowest BCUT2D eigenvalue weighted by Crippen LogP contribution is -2.56. The number of ether oxygens (including phenoxy) is 1. The quantitative estimate of drug-likeness (QED) is 0.854. The van der Waals surface area contributed by atoms with E-state index in [0.717, 1.165) is 5.69 Å². The molecule has 3 rings (SSSR count). The Morgan fingerprint density at radius 3 is 2.80 bits per heavy atom. The number of carbonyl (C=O) groups is 2. The Bertz CT molecular complexity index is 829. The molecule has 0 aliphatic carbocycles. The van der Waals surface area contributed by atoms with Gasteiger partial charge in [0, 0.05) is 10.7 Å². The Labute approximate surface area is 154 Å². The molecule has 1 heterocycles. The van der Waals surface area contributed by atoms with Crippen molar-refractivity contribution in [3.8, 4) is 5.75 Å². The average Bonchev–Trinajstić information content (AvgIpc) is 2.58. The molecule has 2 aromatic rings. The van der Waals surface area contributed by atoms with Gasteiger partial charge in [-0.1, -0.05) is 35.3 Å². The maximum Gasteiger partial charge on any atom is 0.276 e. The van der Waals surface area contributed by atoms with Gasteiger partial charge in [-0.3, -0.25) is 15.0 Å². The molecule has 2 amide bonds. The van der Waals surface area contributed by atoms with Crippen molar-refractivity contribution in [3.05, 3.63) is 58.1 Å². The predicted octanol–water partition coefficient (Wildman–Crippen LogP) is 3.32. The SMILES string of the molecule is CC1Nc2ccccc2C(=O)N1NC(=O)COc1ccc(Cl)cc1Cl. The fourth-order valence-electron chi connectivity index (χ4n) is 2.44. The molecular formula is C17H15Cl2N3O3. The van der Waals surface area contributed by atoms with Gasteiger partial charge < -0.3 is 10.1 Å². The van der Waals surface area contributed by atoms with Crippen LogP contribution in [0.25, 0.3) is 0 Å². The van der Waals surface area contributed by atoms with E-state index in [1.54, 1.807) is 31.2 Å². The van der Waals surface area contributed by atoms with Gasteiger partial charge in [0.05, 0.1) is 10.6 Å². The number of hydrogen-bond acceptors (Lipinski definition) is 4. The Balaban J connectivity index is 1.64. The molecule has 1 aliphatic rings. The third-order valence-electron chi connectivity index (χ3n) is 3.63. The molecular weight excluding hydrogens is 365 g/mol. The summed E-state index contributed by atoms with van der Waals surface area (Å²) in [6.45, 7) is 1.48. The van der Waals surface area contributed by atoms with Crippen LogP contribution in [0, 0.1) is 0 Å². The first-order chi connectivity index (χ1) is 12.0. The van der Waals surface area contributed by atoms with E-state index in [0.29, 0.717) is 21.4 Å². The van der Waals surface area contributed by atoms with Gasteiger partial charge in [-0.2, -0.15) is 0 Å². The van der Waals surface area contributed by atoms with Crippen molar-refractivity contribution in [2.24, 2.45) is 0 Å². The highest BCUT2D eigenvalue weighted by Gasteiger charge is 2.30. The molecule has 0 spiro atoms. The van der Waals surface area contributed by atoms with Gasteiger partial charge in [0.25, 0.3) is 11.8 Å². The van der Waals surface area contributed by atoms with Crippen LogP contribution in [-0.2, 0) is 4.79 Å². The molecule has 0 fully saturated rings. The van der Waals surface area contributed by atoms with Gasteiger partial charge in [0.1, 0.15) is 11.9 Å². The Morgan fingerprint density at radius 1 is 1.28 bits per heavy atom. The van der Waals surface area contributed by atoms with Crippen LogP contribution >= 0.6 is 23.2 Å². The molecule has 130 valence electrons. The molecule has 0 radical (unpaired) electrons. The molecule has 0 aromatic heterocycles. The monoisotopic (exact) mass is 379 g/mol. The zero-order valence-electron chi connectivity index (χ0n) is 13.3. The first kappa shape index (κ1) is 17.4. The number of nitrogens with zero attached hydrogens (tertiary/aromatic N) is 1. The van der Waals surface area contributed by atoms with Crippen LogP contribution in [0.2, 0.25) is 10.0 Å². The van der Waals surface area contributed by atoms with Crippen LogP contribution < -0.4 is 15.5 Å². The highest BCUT2D eigenvalue weighted by molar-refractivity contribution is 6.35. The van der Waals surface area contributed by atoms with Gasteiger partial charge >= 0.3 is 0 Å². The highest BCUT2D eigenvalue weighted by atomic mass is 35.5. The number of amides is 2. The topological polar surface area (TPSA) is 70.7 Å². The second-order valence-corrected chi connectivity index (χ2v) is 6.28. The minimum absolute atomic E-state index is 0.292. The lowest BCUT2D eigenvalue weighted by Gasteiger charge is -2.35. The number of fused-ring (bicyclic) bond motifs is 1. The third-order valence-corrected chi connectivity index (χ3v) is 4.16. The standard InChI is InChI=1S/C17H15Cl2N3O3/c1-10-20-14-5-3-2-4-12(14)17(24)22(10)21-16(23)9-25-15-7-6-11(18)8-13(15)19/h2-8,10,20H,9H2,1H3,(H,21,23). The van der Waals surface area contributed by atoms with E-state index in [2.05, 4.69) is 10.7 Å². The van der Waals surface area contributed by atoms with Gasteiger partial charge in [-0.15, -0.1) is 0 Å². The molecule has 2 aromatic carbocycles. The van der Waals surface area contributed by atoms with Crippen LogP contribution in [0.15, 0.2) is 42.5 Å². The summed E-state index contributed by atoms with van der Waals surface area (Å²) >= 11 is 11.8. The molecule has 8 heteroatoms. The number of para-hydroxylation sites is 1. The van der Waals surface area contributed by atoms with Crippen molar-refractivity contribution in [2.45, 2.75) is 13.1 Å². The number of hydrogen-bond donors (Lipinski definition) is 2. The Morgan fingerprint density at radius 2 is 2.04 bits per heavy atom. The summed E-state index contributed by atoms with van der Waals surface area (Å²) in [5, 5.41) is 5.16. The molecule has 0 saturated carbocycles. The van der Waals surface area contributed by atoms with Crippen LogP contribution in [0.4, 0.5) is 5.69 Å². The predicted molar refractivity (Wildman–Crippen MR) is 95.8 cm³/mol. The van der Waals surface area contributed by atoms with Crippen LogP contribution in [0.5, 0.6) is 5.75 Å². The van der Waals surface area contributed by atoms with Crippen molar-refractivity contribution in [2.75, 3.05) is 11.9 Å². The summed E-state index contributed by atoms with van der Waals surface area (Å²) in [7, 11) is 0. The van der Waals surface area contributed by atoms with Gasteiger partial charge in [-0.05, 0) is 37.3 Å². The highest BCUT2D eigenvalue weighted by Crippen LogP contribution is 2.27. The number of benzene rings is 2. The van der Waals surface area contributed by atoms with E-state index < -0.39 is 12.1 Å². The van der Waals surface area contributed by atoms with E-state index in [1.165, 1.54) is 11.1 Å². The van der Waals surface area contributed by atoms with Gasteiger partial charge in [-0.25, -0.2) is 5.01 Å². The number of halogens is 2. The summed E-state index contributed by atoms with van der Waals surface area (Å²) in [6, 6.07) is 11.8. The molecule has 2 N–H and O–H groups in total. The van der Waals surface area contributed by atoms with Crippen LogP contribution in [0.1, 0.15) is 17.3 Å². The van der Waals surface area contributed by atoms with Crippen molar-refractivity contribution in [1.82, 2.24) is 10.4 Å². The van der Waals surface area contributed by atoms with Crippen LogP contribution in [0.3, 0.4) is 0 Å². The number of carbonyl (C=O) groups excluding carboxylic acids is 2. The summed E-state index contributed by atoms with van der Waals surface area (Å²) in [5.41, 5.74) is 3.77. The second-order valence-electron chi connectivity index (χ2n) is 5.44. The molecule has 1 aliphatic heterocycles. The molecule has 0 saturated heterocycles. The van der Waals surface area contributed by atoms with Crippen molar-refractivity contribution in [1.29, 1.82) is 0 Å². The number of anilines is 1. The van der Waals surface area contributed by atoms with Gasteiger partial charge in [0.2, 0.25) is 0 Å². The van der Waals surface area contributed by atoms with Crippen molar-refractivity contribution >= 4 is 40.7 Å². The molecule has 1 atom stereocenters. The first-order valence-electron chi connectivity index (χ1n) is 7.52. The molecule has 25 heavy (non-hydrogen) atoms. The van der Waals surface area contributed by atoms with Gasteiger partial charge in [0.15, 0.2) is 6.61 Å². The van der Waals surface area contributed by atoms with E-state index in [4.69, 9.17) is 27.9 Å². The Kier molecular flexibility index (Phi) is 5.01. The molecule has 6 nitrogen and oxygen atoms in total. The number of hydrazine groups is 1. The first-order valence-corrected chi connectivity index (χ1v) is 8.28. The zero-order valence-corrected chi connectivity index (χ0v) is 14.8. The summed E-state index contributed by atoms with van der Waals surface area (Å²) in [5.74, 6) is -0.435. The van der Waals surface area contributed by atoms with E-state index in [9.17, 15) is 9.59 Å². The second kappa shape index (κ2) is 7.21. The fraction of sp³-hybridized carbons (Fsp3) is 0.176. The minimum atomic E-state index is -0.479. The fourth-order valence-corrected chi connectivity index (χ4v) is 2.90. The molecule has 1 unspecified atom stereocenters. The smallest absolute Gasteiger partial charge is 0.276 e. The average molecular weight is 380 g/mol. The van der Waals surface area contributed by atoms with Crippen LogP contribution in [-0.4, -0.2) is 29.6 Å². The summed E-state index contributed by atoms with van der Waals surface area (Å²) in [6.07, 6.45) is -0.398. The zero-order chi connectivity index (χ0) is 18.0. The number of rotatable bonds is 4. The third kappa shape index (κ3) is 3.81. The van der Waals surface area contributed by atoms with Crippen molar-refractivity contribution < 1.29 is 14.3 Å². The normalized spacial score (nSPS) is 16.0. The van der Waals surface area contributed by atoms with E-state index in [1.807, 2.05) is 12.1 Å². The molecule has 0 bridgehead atoms. The summed E-state index contributed by atoms with van der Waals surface area (Å²) < 4.78 is 5.37. The largest absolute Gasteiger partial charge is 0.482 e. The lowest BCUT2D eigenvalue weighted by atomic mass is 10.1. The number of nitrogens with one attached hydrogen (secondary N) is 2. The minimum Gasteiger partial charge on any atom is -0.482 e. The maximum atomic E-state index is 12.5. The maximum absolute atomic E-state index is 12.5. The van der Waals surface area contributed by atoms with Crippen molar-refractivity contribution in [3.63, 3.8) is 0 Å².